The smallest absolute Gasteiger partial charge is 0.220 e. The largest absolute Gasteiger partial charge is 0.353 e. The van der Waals surface area contributed by atoms with Crippen molar-refractivity contribution in [2.45, 2.75) is 31.2 Å². The summed E-state index contributed by atoms with van der Waals surface area (Å²) in [6.07, 6.45) is 2.73. The minimum Gasteiger partial charge on any atom is -0.353 e. The van der Waals surface area contributed by atoms with E-state index >= 15 is 0 Å². The van der Waals surface area contributed by atoms with Crippen LogP contribution < -0.4 is 11.1 Å². The number of carbonyl (C=O) groups is 1. The van der Waals surface area contributed by atoms with Gasteiger partial charge in [0, 0.05) is 22.9 Å². The highest BCUT2D eigenvalue weighted by molar-refractivity contribution is 9.10. The van der Waals surface area contributed by atoms with Crippen LogP contribution in [0.3, 0.4) is 0 Å². The van der Waals surface area contributed by atoms with Gasteiger partial charge in [0.05, 0.1) is 0 Å². The quantitative estimate of drug-likeness (QED) is 0.875. The Hall–Kier alpha value is -0.870. The van der Waals surface area contributed by atoms with E-state index in [-0.39, 0.29) is 11.8 Å². The SMILES string of the molecule is NCC(CC(=O)NC1CC1)c1ccc(Br)cc1. The molecule has 0 radical (unpaired) electrons. The van der Waals surface area contributed by atoms with Gasteiger partial charge in [-0.05, 0) is 37.1 Å². The standard InChI is InChI=1S/C13H17BrN2O/c14-11-3-1-9(2-4-11)10(8-15)7-13(17)16-12-5-6-12/h1-4,10,12H,5-8,15H2,(H,16,17). The van der Waals surface area contributed by atoms with Gasteiger partial charge >= 0.3 is 0 Å². The number of benzene rings is 1. The van der Waals surface area contributed by atoms with Crippen LogP contribution in [0.5, 0.6) is 0 Å². The van der Waals surface area contributed by atoms with E-state index in [4.69, 9.17) is 5.73 Å². The van der Waals surface area contributed by atoms with E-state index < -0.39 is 0 Å². The highest BCUT2D eigenvalue weighted by Gasteiger charge is 2.24. The van der Waals surface area contributed by atoms with E-state index in [1.165, 1.54) is 0 Å². The third kappa shape index (κ3) is 3.82. The van der Waals surface area contributed by atoms with Crippen molar-refractivity contribution in [3.05, 3.63) is 34.3 Å². The Labute approximate surface area is 110 Å². The number of halogens is 1. The lowest BCUT2D eigenvalue weighted by molar-refractivity contribution is -0.121. The number of hydrogen-bond acceptors (Lipinski definition) is 2. The fourth-order valence-corrected chi connectivity index (χ4v) is 2.07. The van der Waals surface area contributed by atoms with Gasteiger partial charge in [-0.25, -0.2) is 0 Å². The fourth-order valence-electron chi connectivity index (χ4n) is 1.81. The van der Waals surface area contributed by atoms with Gasteiger partial charge in [0.25, 0.3) is 0 Å². The van der Waals surface area contributed by atoms with E-state index in [2.05, 4.69) is 21.2 Å². The monoisotopic (exact) mass is 296 g/mol. The summed E-state index contributed by atoms with van der Waals surface area (Å²) in [4.78, 5) is 11.7. The molecule has 1 aromatic carbocycles. The molecular weight excluding hydrogens is 280 g/mol. The number of amides is 1. The van der Waals surface area contributed by atoms with Crippen LogP contribution in [0.15, 0.2) is 28.7 Å². The zero-order valence-corrected chi connectivity index (χ0v) is 11.2. The normalized spacial score (nSPS) is 16.6. The first kappa shape index (κ1) is 12.6. The molecule has 0 saturated heterocycles. The Bertz CT molecular complexity index is 387. The summed E-state index contributed by atoms with van der Waals surface area (Å²) in [6.45, 7) is 0.500. The molecule has 1 amide bonds. The lowest BCUT2D eigenvalue weighted by atomic mass is 9.95. The van der Waals surface area contributed by atoms with Crippen LogP contribution in [0.25, 0.3) is 0 Å². The summed E-state index contributed by atoms with van der Waals surface area (Å²) < 4.78 is 1.04. The van der Waals surface area contributed by atoms with Crippen molar-refractivity contribution in [2.75, 3.05) is 6.54 Å². The van der Waals surface area contributed by atoms with E-state index in [9.17, 15) is 4.79 Å². The molecule has 0 aliphatic heterocycles. The lowest BCUT2D eigenvalue weighted by Gasteiger charge is -2.15. The lowest BCUT2D eigenvalue weighted by Crippen LogP contribution is -2.28. The first-order valence-electron chi connectivity index (χ1n) is 5.94. The zero-order chi connectivity index (χ0) is 12.3. The Morgan fingerprint density at radius 3 is 2.59 bits per heavy atom. The fraction of sp³-hybridized carbons (Fsp3) is 0.462. The number of rotatable bonds is 5. The molecule has 0 spiro atoms. The van der Waals surface area contributed by atoms with E-state index in [0.717, 1.165) is 22.9 Å². The molecule has 0 heterocycles. The van der Waals surface area contributed by atoms with Crippen molar-refractivity contribution >= 4 is 21.8 Å². The summed E-state index contributed by atoms with van der Waals surface area (Å²) in [5.41, 5.74) is 6.87. The third-order valence-electron chi connectivity index (χ3n) is 3.00. The van der Waals surface area contributed by atoms with Crippen LogP contribution in [0, 0.1) is 0 Å². The van der Waals surface area contributed by atoms with Crippen LogP contribution in [-0.2, 0) is 4.79 Å². The summed E-state index contributed by atoms with van der Waals surface area (Å²) >= 11 is 3.40. The number of hydrogen-bond donors (Lipinski definition) is 2. The Morgan fingerprint density at radius 1 is 1.41 bits per heavy atom. The van der Waals surface area contributed by atoms with E-state index in [0.29, 0.717) is 19.0 Å². The van der Waals surface area contributed by atoms with Crippen molar-refractivity contribution in [3.63, 3.8) is 0 Å². The molecule has 1 aromatic rings. The highest BCUT2D eigenvalue weighted by atomic mass is 79.9. The Kier molecular flexibility index (Phi) is 4.18. The van der Waals surface area contributed by atoms with Crippen molar-refractivity contribution in [1.29, 1.82) is 0 Å². The molecule has 92 valence electrons. The molecule has 4 heteroatoms. The van der Waals surface area contributed by atoms with Gasteiger partial charge in [0.15, 0.2) is 0 Å². The van der Waals surface area contributed by atoms with Crippen LogP contribution >= 0.6 is 15.9 Å². The molecule has 2 rings (SSSR count). The molecule has 3 N–H and O–H groups in total. The maximum absolute atomic E-state index is 11.7. The van der Waals surface area contributed by atoms with Gasteiger partial charge in [-0.1, -0.05) is 28.1 Å². The van der Waals surface area contributed by atoms with Crippen LogP contribution in [0.2, 0.25) is 0 Å². The van der Waals surface area contributed by atoms with Gasteiger partial charge in [-0.3, -0.25) is 4.79 Å². The summed E-state index contributed by atoms with van der Waals surface area (Å²) in [7, 11) is 0. The van der Waals surface area contributed by atoms with Crippen molar-refractivity contribution in [3.8, 4) is 0 Å². The highest BCUT2D eigenvalue weighted by Crippen LogP contribution is 2.23. The van der Waals surface area contributed by atoms with Crippen LogP contribution in [0.1, 0.15) is 30.7 Å². The molecule has 0 aromatic heterocycles. The summed E-state index contributed by atoms with van der Waals surface area (Å²) in [6, 6.07) is 8.43. The summed E-state index contributed by atoms with van der Waals surface area (Å²) in [5, 5.41) is 3.00. The van der Waals surface area contributed by atoms with Crippen molar-refractivity contribution in [1.82, 2.24) is 5.32 Å². The molecule has 1 fully saturated rings. The van der Waals surface area contributed by atoms with Gasteiger partial charge < -0.3 is 11.1 Å². The van der Waals surface area contributed by atoms with Crippen LogP contribution in [-0.4, -0.2) is 18.5 Å². The van der Waals surface area contributed by atoms with Gasteiger partial charge in [-0.15, -0.1) is 0 Å². The zero-order valence-electron chi connectivity index (χ0n) is 9.66. The molecule has 1 aliphatic rings. The van der Waals surface area contributed by atoms with E-state index in [1.54, 1.807) is 0 Å². The molecule has 1 aliphatic carbocycles. The molecule has 17 heavy (non-hydrogen) atoms. The topological polar surface area (TPSA) is 55.1 Å². The van der Waals surface area contributed by atoms with Gasteiger partial charge in [0.2, 0.25) is 5.91 Å². The van der Waals surface area contributed by atoms with Crippen LogP contribution in [0.4, 0.5) is 0 Å². The predicted octanol–water partition coefficient (Wildman–Crippen LogP) is 2.16. The van der Waals surface area contributed by atoms with Crippen molar-refractivity contribution in [2.24, 2.45) is 5.73 Å². The Balaban J connectivity index is 1.94. The maximum atomic E-state index is 11.7. The number of carbonyl (C=O) groups excluding carboxylic acids is 1. The Morgan fingerprint density at radius 2 is 2.06 bits per heavy atom. The molecule has 1 atom stereocenters. The number of nitrogens with two attached hydrogens (primary N) is 1. The van der Waals surface area contributed by atoms with E-state index in [1.807, 2.05) is 24.3 Å². The first-order chi connectivity index (χ1) is 8.19. The molecule has 3 nitrogen and oxygen atoms in total. The molecule has 1 saturated carbocycles. The summed E-state index contributed by atoms with van der Waals surface area (Å²) in [5.74, 6) is 0.229. The average Bonchev–Trinajstić information content (AvgIpc) is 3.11. The first-order valence-corrected chi connectivity index (χ1v) is 6.73. The maximum Gasteiger partial charge on any atom is 0.220 e. The minimum atomic E-state index is 0.113. The second-order valence-corrected chi connectivity index (χ2v) is 5.45. The predicted molar refractivity (Wildman–Crippen MR) is 71.7 cm³/mol. The molecule has 0 bridgehead atoms. The number of nitrogens with one attached hydrogen (secondary N) is 1. The molecule has 1 unspecified atom stereocenters. The third-order valence-corrected chi connectivity index (χ3v) is 3.53. The average molecular weight is 297 g/mol. The second-order valence-electron chi connectivity index (χ2n) is 4.53. The minimum absolute atomic E-state index is 0.113. The van der Waals surface area contributed by atoms with Gasteiger partial charge in [-0.2, -0.15) is 0 Å². The van der Waals surface area contributed by atoms with Gasteiger partial charge in [0.1, 0.15) is 0 Å². The van der Waals surface area contributed by atoms with Crippen molar-refractivity contribution < 1.29 is 4.79 Å². The molecular formula is C13H17BrN2O. The second kappa shape index (κ2) is 5.65.